The van der Waals surface area contributed by atoms with E-state index < -0.39 is 13.7 Å². The zero-order valence-electron chi connectivity index (χ0n) is 14.7. The molecule has 0 aliphatic heterocycles. The Hall–Kier alpha value is -0.993. The molecule has 21 heavy (non-hydrogen) atoms. The molecule has 0 aliphatic rings. The zero-order chi connectivity index (χ0) is 16.5. The van der Waals surface area contributed by atoms with Crippen molar-refractivity contribution < 1.29 is 14.3 Å². The molecule has 0 aromatic carbocycles. The Kier molecular flexibility index (Phi) is 8.68. The summed E-state index contributed by atoms with van der Waals surface area (Å²) < 4.78 is 10.8. The third kappa shape index (κ3) is 13.7. The Bertz CT molecular complexity index is 372. The van der Waals surface area contributed by atoms with Gasteiger partial charge in [-0.25, -0.2) is 4.79 Å². The van der Waals surface area contributed by atoms with E-state index in [1.807, 2.05) is 20.8 Å². The number of nitrogens with zero attached hydrogens (tertiary/aromatic N) is 1. The van der Waals surface area contributed by atoms with Crippen LogP contribution in [-0.4, -0.2) is 51.5 Å². The van der Waals surface area contributed by atoms with E-state index in [1.54, 1.807) is 11.9 Å². The van der Waals surface area contributed by atoms with Crippen LogP contribution in [0.25, 0.3) is 0 Å². The number of ether oxygens (including phenoxy) is 2. The van der Waals surface area contributed by atoms with Gasteiger partial charge < -0.3 is 14.4 Å². The van der Waals surface area contributed by atoms with Crippen LogP contribution in [-0.2, 0) is 9.47 Å². The number of hydrogen-bond acceptors (Lipinski definition) is 3. The fourth-order valence-electron chi connectivity index (χ4n) is 1.39. The molecular formula is C16H31NO3Si. The number of rotatable bonds is 6. The average molecular weight is 314 g/mol. The first-order chi connectivity index (χ1) is 9.51. The minimum atomic E-state index is -1.25. The highest BCUT2D eigenvalue weighted by Crippen LogP contribution is 2.09. The van der Waals surface area contributed by atoms with Crippen molar-refractivity contribution in [1.82, 2.24) is 4.90 Å². The predicted octanol–water partition coefficient (Wildman–Crippen LogP) is 3.53. The van der Waals surface area contributed by atoms with Crippen molar-refractivity contribution >= 4 is 14.2 Å². The fraction of sp³-hybridized carbons (Fsp3) is 0.812. The van der Waals surface area contributed by atoms with Crippen LogP contribution in [0.1, 0.15) is 33.6 Å². The maximum atomic E-state index is 11.7. The molecule has 0 rings (SSSR count). The quantitative estimate of drug-likeness (QED) is 0.428. The van der Waals surface area contributed by atoms with Gasteiger partial charge in [-0.2, -0.15) is 0 Å². The van der Waals surface area contributed by atoms with Gasteiger partial charge in [0.15, 0.2) is 0 Å². The van der Waals surface area contributed by atoms with Crippen molar-refractivity contribution in [1.29, 1.82) is 0 Å². The van der Waals surface area contributed by atoms with E-state index in [0.29, 0.717) is 19.8 Å². The molecule has 0 radical (unpaired) electrons. The topological polar surface area (TPSA) is 38.8 Å². The van der Waals surface area contributed by atoms with Crippen LogP contribution in [0.5, 0.6) is 0 Å². The lowest BCUT2D eigenvalue weighted by Gasteiger charge is -2.24. The number of amides is 1. The highest BCUT2D eigenvalue weighted by molar-refractivity contribution is 6.83. The summed E-state index contributed by atoms with van der Waals surface area (Å²) in [5.74, 6) is 3.17. The predicted molar refractivity (Wildman–Crippen MR) is 90.0 cm³/mol. The Morgan fingerprint density at radius 2 is 1.81 bits per heavy atom. The molecule has 0 saturated carbocycles. The van der Waals surface area contributed by atoms with Crippen LogP contribution < -0.4 is 0 Å². The molecule has 122 valence electrons. The second-order valence-corrected chi connectivity index (χ2v) is 11.9. The van der Waals surface area contributed by atoms with Crippen LogP contribution in [0.15, 0.2) is 0 Å². The van der Waals surface area contributed by atoms with Crippen LogP contribution in [0.3, 0.4) is 0 Å². The van der Waals surface area contributed by atoms with Gasteiger partial charge in [0, 0.05) is 26.6 Å². The van der Waals surface area contributed by atoms with Crippen molar-refractivity contribution in [2.24, 2.45) is 0 Å². The lowest BCUT2D eigenvalue weighted by Crippen LogP contribution is -2.35. The molecular weight excluding hydrogens is 282 g/mol. The maximum absolute atomic E-state index is 11.7. The molecule has 0 N–H and O–H groups in total. The zero-order valence-corrected chi connectivity index (χ0v) is 15.7. The molecule has 0 unspecified atom stereocenters. The van der Waals surface area contributed by atoms with Crippen molar-refractivity contribution in [3.05, 3.63) is 0 Å². The largest absolute Gasteiger partial charge is 0.444 e. The highest BCUT2D eigenvalue weighted by atomic mass is 28.3. The van der Waals surface area contributed by atoms with Crippen molar-refractivity contribution in [3.8, 4) is 11.5 Å². The first-order valence-electron chi connectivity index (χ1n) is 7.53. The SMILES string of the molecule is CN(CCCOCCC#C[Si](C)(C)C)C(=O)OC(C)(C)C. The molecule has 0 fully saturated rings. The monoisotopic (exact) mass is 313 g/mol. The van der Waals surface area contributed by atoms with Gasteiger partial charge in [-0.1, -0.05) is 19.6 Å². The maximum Gasteiger partial charge on any atom is 0.410 e. The number of carbonyl (C=O) groups excluding carboxylic acids is 1. The van der Waals surface area contributed by atoms with E-state index >= 15 is 0 Å². The van der Waals surface area contributed by atoms with Crippen LogP contribution in [0.4, 0.5) is 4.79 Å². The summed E-state index contributed by atoms with van der Waals surface area (Å²) in [4.78, 5) is 13.3. The minimum Gasteiger partial charge on any atom is -0.444 e. The third-order valence-corrected chi connectivity index (χ3v) is 3.25. The van der Waals surface area contributed by atoms with E-state index in [4.69, 9.17) is 9.47 Å². The summed E-state index contributed by atoms with van der Waals surface area (Å²) in [6.45, 7) is 14.2. The number of carbonyl (C=O) groups is 1. The van der Waals surface area contributed by atoms with E-state index in [-0.39, 0.29) is 6.09 Å². The van der Waals surface area contributed by atoms with Gasteiger partial charge in [0.1, 0.15) is 13.7 Å². The second kappa shape index (κ2) is 9.11. The Morgan fingerprint density at radius 1 is 1.19 bits per heavy atom. The molecule has 0 saturated heterocycles. The van der Waals surface area contributed by atoms with E-state index in [2.05, 4.69) is 31.1 Å². The van der Waals surface area contributed by atoms with Gasteiger partial charge in [-0.3, -0.25) is 0 Å². The highest BCUT2D eigenvalue weighted by Gasteiger charge is 2.18. The summed E-state index contributed by atoms with van der Waals surface area (Å²) >= 11 is 0. The lowest BCUT2D eigenvalue weighted by molar-refractivity contribution is 0.0280. The third-order valence-electron chi connectivity index (χ3n) is 2.32. The molecule has 4 nitrogen and oxygen atoms in total. The molecule has 0 aromatic heterocycles. The van der Waals surface area contributed by atoms with Gasteiger partial charge >= 0.3 is 6.09 Å². The summed E-state index contributed by atoms with van der Waals surface area (Å²) in [5, 5.41) is 0. The van der Waals surface area contributed by atoms with Crippen LogP contribution in [0, 0.1) is 11.5 Å². The first kappa shape index (κ1) is 20.0. The van der Waals surface area contributed by atoms with E-state index in [1.165, 1.54) is 0 Å². The molecule has 5 heteroatoms. The van der Waals surface area contributed by atoms with Gasteiger partial charge in [0.05, 0.1) is 6.61 Å². The van der Waals surface area contributed by atoms with Crippen molar-refractivity contribution in [2.45, 2.75) is 58.9 Å². The Balaban J connectivity index is 3.67. The van der Waals surface area contributed by atoms with Gasteiger partial charge in [0.25, 0.3) is 0 Å². The molecule has 0 aromatic rings. The first-order valence-corrected chi connectivity index (χ1v) is 11.0. The number of hydrogen-bond donors (Lipinski definition) is 0. The summed E-state index contributed by atoms with van der Waals surface area (Å²) in [6, 6.07) is 0. The smallest absolute Gasteiger partial charge is 0.410 e. The van der Waals surface area contributed by atoms with E-state index in [0.717, 1.165) is 12.8 Å². The molecule has 0 bridgehead atoms. The van der Waals surface area contributed by atoms with Crippen LogP contribution in [0.2, 0.25) is 19.6 Å². The summed E-state index contributed by atoms with van der Waals surface area (Å²) in [6.07, 6.45) is 1.30. The second-order valence-electron chi connectivity index (χ2n) is 7.17. The van der Waals surface area contributed by atoms with Gasteiger partial charge in [0.2, 0.25) is 0 Å². The molecule has 1 amide bonds. The van der Waals surface area contributed by atoms with Gasteiger partial charge in [-0.05, 0) is 27.2 Å². The standard InChI is InChI=1S/C16H31NO3Si/c1-16(2,3)20-15(18)17(4)11-10-13-19-12-8-9-14-21(5,6)7/h8,10-13H2,1-7H3. The lowest BCUT2D eigenvalue weighted by atomic mass is 10.2. The van der Waals surface area contributed by atoms with Crippen molar-refractivity contribution in [2.75, 3.05) is 26.8 Å². The molecule has 0 spiro atoms. The Labute approximate surface area is 131 Å². The summed E-state index contributed by atoms with van der Waals surface area (Å²) in [7, 11) is 0.489. The minimum absolute atomic E-state index is 0.288. The fourth-order valence-corrected chi connectivity index (χ4v) is 2.04. The van der Waals surface area contributed by atoms with Crippen molar-refractivity contribution in [3.63, 3.8) is 0 Å². The molecule has 0 heterocycles. The summed E-state index contributed by atoms with van der Waals surface area (Å²) in [5.41, 5.74) is 2.86. The Morgan fingerprint density at radius 3 is 2.33 bits per heavy atom. The van der Waals surface area contributed by atoms with Gasteiger partial charge in [-0.15, -0.1) is 11.5 Å². The molecule has 0 aliphatic carbocycles. The normalized spacial score (nSPS) is 11.6. The molecule has 0 atom stereocenters. The average Bonchev–Trinajstić information content (AvgIpc) is 2.28. The van der Waals surface area contributed by atoms with Crippen LogP contribution >= 0.6 is 0 Å². The van der Waals surface area contributed by atoms with E-state index in [9.17, 15) is 4.79 Å².